The highest BCUT2D eigenvalue weighted by molar-refractivity contribution is 5.95. The molecule has 1 heterocycles. The number of halogens is 1. The van der Waals surface area contributed by atoms with Gasteiger partial charge in [-0.2, -0.15) is 0 Å². The summed E-state index contributed by atoms with van der Waals surface area (Å²) in [5, 5.41) is 19.1. The Morgan fingerprint density at radius 1 is 1.22 bits per heavy atom. The van der Waals surface area contributed by atoms with Gasteiger partial charge < -0.3 is 24.6 Å². The highest BCUT2D eigenvalue weighted by Gasteiger charge is 2.35. The van der Waals surface area contributed by atoms with Gasteiger partial charge in [0, 0.05) is 37.4 Å². The van der Waals surface area contributed by atoms with Crippen LogP contribution < -0.4 is 0 Å². The van der Waals surface area contributed by atoms with Crippen LogP contribution in [-0.4, -0.2) is 60.5 Å². The zero-order valence-electron chi connectivity index (χ0n) is 19.0. The zero-order valence-corrected chi connectivity index (χ0v) is 19.0. The molecule has 0 spiro atoms. The first kappa shape index (κ1) is 25.3. The van der Waals surface area contributed by atoms with E-state index in [1.807, 2.05) is 25.8 Å². The van der Waals surface area contributed by atoms with Crippen molar-refractivity contribution in [2.24, 2.45) is 5.92 Å². The summed E-state index contributed by atoms with van der Waals surface area (Å²) >= 11 is 0. The number of likely N-dealkylation sites (N-methyl/N-ethyl adjacent to an activating group) is 1. The molecule has 0 amide bonds. The number of allylic oxidation sites excluding steroid dienone is 4. The van der Waals surface area contributed by atoms with Gasteiger partial charge in [0.15, 0.2) is 12.0 Å². The lowest BCUT2D eigenvalue weighted by atomic mass is 9.87. The van der Waals surface area contributed by atoms with Crippen LogP contribution in [0, 0.1) is 11.7 Å². The van der Waals surface area contributed by atoms with E-state index in [2.05, 4.69) is 0 Å². The number of aliphatic carboxylic acids is 1. The van der Waals surface area contributed by atoms with Crippen LogP contribution in [-0.2, 0) is 19.1 Å². The Kier molecular flexibility index (Phi) is 8.74. The Bertz CT molecular complexity index is 932. The molecular weight excluding hydrogens is 417 g/mol. The number of aliphatic hydroxyl groups excluding tert-OH is 1. The summed E-state index contributed by atoms with van der Waals surface area (Å²) in [4.78, 5) is 24.4. The summed E-state index contributed by atoms with van der Waals surface area (Å²) in [7, 11) is 4.96. The Labute approximate surface area is 187 Å². The van der Waals surface area contributed by atoms with Crippen LogP contribution >= 0.6 is 0 Å². The van der Waals surface area contributed by atoms with Crippen LogP contribution in [0.15, 0.2) is 53.4 Å². The second-order valence-corrected chi connectivity index (χ2v) is 7.84. The number of carbonyl (C=O) groups is 2. The lowest BCUT2D eigenvalue weighted by Crippen LogP contribution is -2.40. The smallest absolute Gasteiger partial charge is 0.310 e. The second-order valence-electron chi connectivity index (χ2n) is 7.84. The maximum atomic E-state index is 13.6. The van der Waals surface area contributed by atoms with E-state index < -0.39 is 30.5 Å². The summed E-state index contributed by atoms with van der Waals surface area (Å²) in [5.74, 6) is -1.61. The molecule has 2 unspecified atom stereocenters. The molecule has 1 aromatic rings. The van der Waals surface area contributed by atoms with Gasteiger partial charge in [0.25, 0.3) is 0 Å². The average Bonchev–Trinajstić information content (AvgIpc) is 2.71. The third-order valence-electron chi connectivity index (χ3n) is 5.14. The lowest BCUT2D eigenvalue weighted by Gasteiger charge is -2.40. The van der Waals surface area contributed by atoms with Crippen molar-refractivity contribution in [2.45, 2.75) is 39.0 Å². The minimum Gasteiger partial charge on any atom is -0.496 e. The number of benzene rings is 1. The number of methoxy groups -OCH3 is 2. The van der Waals surface area contributed by atoms with Crippen molar-refractivity contribution in [3.63, 3.8) is 0 Å². The van der Waals surface area contributed by atoms with Crippen LogP contribution in [0.5, 0.6) is 0 Å². The van der Waals surface area contributed by atoms with Crippen molar-refractivity contribution in [3.05, 3.63) is 64.8 Å². The molecule has 8 heteroatoms. The maximum absolute atomic E-state index is 13.6. The van der Waals surface area contributed by atoms with Gasteiger partial charge in [-0.15, -0.1) is 0 Å². The number of hydrogen-bond acceptors (Lipinski definition) is 6. The van der Waals surface area contributed by atoms with Gasteiger partial charge >= 0.3 is 5.97 Å². The Hall–Kier alpha value is -2.97. The summed E-state index contributed by atoms with van der Waals surface area (Å²) in [6, 6.07) is 5.98. The minimum atomic E-state index is -1.23. The van der Waals surface area contributed by atoms with Crippen LogP contribution in [0.4, 0.5) is 4.39 Å². The number of aliphatic hydroxyl groups is 1. The fraction of sp³-hybridized carbons (Fsp3) is 0.417. The molecule has 0 aliphatic carbocycles. The van der Waals surface area contributed by atoms with Crippen molar-refractivity contribution < 1.29 is 33.7 Å². The molecule has 0 bridgehead atoms. The van der Waals surface area contributed by atoms with E-state index in [1.54, 1.807) is 25.3 Å². The highest BCUT2D eigenvalue weighted by atomic mass is 19.1. The summed E-state index contributed by atoms with van der Waals surface area (Å²) < 4.78 is 25.0. The normalized spacial score (nSPS) is 18.0. The Morgan fingerprint density at radius 3 is 2.34 bits per heavy atom. The van der Waals surface area contributed by atoms with Gasteiger partial charge in [0.1, 0.15) is 18.0 Å². The van der Waals surface area contributed by atoms with E-state index in [9.17, 15) is 19.1 Å². The molecule has 0 radical (unpaired) electrons. The lowest BCUT2D eigenvalue weighted by molar-refractivity contribution is -0.140. The third kappa shape index (κ3) is 5.83. The van der Waals surface area contributed by atoms with Crippen LogP contribution in [0.25, 0.3) is 5.57 Å². The van der Waals surface area contributed by atoms with Crippen molar-refractivity contribution in [1.82, 2.24) is 4.90 Å². The zero-order chi connectivity index (χ0) is 24.0. The van der Waals surface area contributed by atoms with E-state index in [0.29, 0.717) is 16.9 Å². The molecule has 1 aliphatic heterocycles. The number of ketones is 1. The molecular formula is C24H30FNO6. The predicted octanol–water partition coefficient (Wildman–Crippen LogP) is 3.36. The standard InChI is InChI=1S/C24H30FNO6/c1-14(2)22-19(11-10-17(27)12-18(28)13-20(29)30)21(15-6-8-16(25)9-7-15)23(31-4)24(32-5)26(22)3/h6-11,14,17,24,27H,12-13H2,1-5H3,(H,29,30). The third-order valence-corrected chi connectivity index (χ3v) is 5.14. The summed E-state index contributed by atoms with van der Waals surface area (Å²) in [6.45, 7) is 4.03. The number of carbonyl (C=O) groups excluding carboxylic acids is 1. The van der Waals surface area contributed by atoms with Crippen molar-refractivity contribution >= 4 is 17.3 Å². The van der Waals surface area contributed by atoms with Gasteiger partial charge in [-0.25, -0.2) is 4.39 Å². The van der Waals surface area contributed by atoms with E-state index in [1.165, 1.54) is 25.3 Å². The molecule has 0 saturated carbocycles. The van der Waals surface area contributed by atoms with Crippen LogP contribution in [0.3, 0.4) is 0 Å². The van der Waals surface area contributed by atoms with E-state index in [0.717, 1.165) is 11.3 Å². The monoisotopic (exact) mass is 447 g/mol. The van der Waals surface area contributed by atoms with E-state index in [-0.39, 0.29) is 18.2 Å². The van der Waals surface area contributed by atoms with Gasteiger partial charge in [-0.3, -0.25) is 9.59 Å². The van der Waals surface area contributed by atoms with Gasteiger partial charge in [0.05, 0.1) is 13.2 Å². The number of rotatable bonds is 10. The SMILES string of the molecule is COC1=C(c2ccc(F)cc2)C(C=CC(O)CC(=O)CC(=O)O)=C(C(C)C)N(C)C1OC. The fourth-order valence-electron chi connectivity index (χ4n) is 3.90. The van der Waals surface area contributed by atoms with Crippen molar-refractivity contribution in [1.29, 1.82) is 0 Å². The summed E-state index contributed by atoms with van der Waals surface area (Å²) in [5.41, 5.74) is 3.01. The number of nitrogens with zero attached hydrogens (tertiary/aromatic N) is 1. The fourth-order valence-corrected chi connectivity index (χ4v) is 3.90. The molecule has 1 aliphatic rings. The molecule has 0 aromatic heterocycles. The largest absolute Gasteiger partial charge is 0.496 e. The van der Waals surface area contributed by atoms with E-state index >= 15 is 0 Å². The number of carboxylic acid groups (broad SMARTS) is 1. The molecule has 2 N–H and O–H groups in total. The molecule has 2 rings (SSSR count). The van der Waals surface area contributed by atoms with Crippen LogP contribution in [0.1, 0.15) is 32.3 Å². The molecule has 0 fully saturated rings. The van der Waals surface area contributed by atoms with Crippen molar-refractivity contribution in [3.8, 4) is 0 Å². The van der Waals surface area contributed by atoms with Crippen LogP contribution in [0.2, 0.25) is 0 Å². The summed E-state index contributed by atoms with van der Waals surface area (Å²) in [6.07, 6.45) is 0.516. The van der Waals surface area contributed by atoms with E-state index in [4.69, 9.17) is 14.6 Å². The highest BCUT2D eigenvalue weighted by Crippen LogP contribution is 2.41. The molecule has 0 saturated heterocycles. The average molecular weight is 448 g/mol. The number of carboxylic acids is 1. The Morgan fingerprint density at radius 2 is 1.84 bits per heavy atom. The predicted molar refractivity (Wildman–Crippen MR) is 118 cm³/mol. The number of ether oxygens (including phenoxy) is 2. The first-order valence-electron chi connectivity index (χ1n) is 10.2. The topological polar surface area (TPSA) is 96.3 Å². The molecule has 2 atom stereocenters. The van der Waals surface area contributed by atoms with Crippen molar-refractivity contribution in [2.75, 3.05) is 21.3 Å². The molecule has 7 nitrogen and oxygen atoms in total. The number of Topliss-reactive ketones (excluding diaryl/α,β-unsaturated/α-hetero) is 1. The van der Waals surface area contributed by atoms with Gasteiger partial charge in [-0.05, 0) is 23.6 Å². The quantitative estimate of drug-likeness (QED) is 0.531. The number of hydrogen-bond donors (Lipinski definition) is 2. The molecule has 1 aromatic carbocycles. The minimum absolute atomic E-state index is 0.0527. The molecule has 174 valence electrons. The molecule has 32 heavy (non-hydrogen) atoms. The van der Waals surface area contributed by atoms with Gasteiger partial charge in [-0.1, -0.05) is 38.1 Å². The second kappa shape index (κ2) is 11.1. The first-order valence-corrected chi connectivity index (χ1v) is 10.2. The maximum Gasteiger partial charge on any atom is 0.310 e. The Balaban J connectivity index is 2.59. The first-order chi connectivity index (χ1) is 15.1. The van der Waals surface area contributed by atoms with Gasteiger partial charge in [0.2, 0.25) is 0 Å².